The number of aryl methyl sites for hydroxylation is 1. The lowest BCUT2D eigenvalue weighted by molar-refractivity contribution is -0.139. The third-order valence-corrected chi connectivity index (χ3v) is 6.61. The van der Waals surface area contributed by atoms with Crippen molar-refractivity contribution in [1.82, 2.24) is 19.4 Å². The minimum atomic E-state index is -0.323. The highest BCUT2D eigenvalue weighted by Crippen LogP contribution is 2.35. The van der Waals surface area contributed by atoms with Crippen LogP contribution in [0, 0.1) is 5.82 Å². The predicted molar refractivity (Wildman–Crippen MR) is 126 cm³/mol. The van der Waals surface area contributed by atoms with Gasteiger partial charge in [0.1, 0.15) is 11.6 Å². The summed E-state index contributed by atoms with van der Waals surface area (Å²) in [5, 5.41) is 0.617. The number of para-hydroxylation sites is 1. The van der Waals surface area contributed by atoms with Crippen LogP contribution in [0.2, 0.25) is 0 Å². The van der Waals surface area contributed by atoms with E-state index in [1.807, 2.05) is 18.2 Å². The van der Waals surface area contributed by atoms with E-state index in [1.54, 1.807) is 32.6 Å². The number of fused-ring (bicyclic) bond motifs is 1. The SMILES string of the molecule is O=C(CCc1nc2ccccc2c(=O)n1C1CC1)N1CCN(C(=O)Cc2ccc(F)cc2)CC1. The maximum absolute atomic E-state index is 13.1. The lowest BCUT2D eigenvalue weighted by Gasteiger charge is -2.35. The van der Waals surface area contributed by atoms with Gasteiger partial charge in [-0.25, -0.2) is 9.37 Å². The number of amides is 2. The van der Waals surface area contributed by atoms with Gasteiger partial charge in [-0.1, -0.05) is 24.3 Å². The van der Waals surface area contributed by atoms with Crippen LogP contribution in [0.1, 0.15) is 36.7 Å². The van der Waals surface area contributed by atoms with Crippen LogP contribution < -0.4 is 5.56 Å². The maximum atomic E-state index is 13.1. The molecule has 7 nitrogen and oxygen atoms in total. The normalized spacial score (nSPS) is 16.1. The Kier molecular flexibility index (Phi) is 6.13. The van der Waals surface area contributed by atoms with Crippen LogP contribution >= 0.6 is 0 Å². The third kappa shape index (κ3) is 4.71. The molecule has 1 saturated heterocycles. The minimum absolute atomic E-state index is 0.00962. The molecule has 0 N–H and O–H groups in total. The molecule has 0 bridgehead atoms. The smallest absolute Gasteiger partial charge is 0.261 e. The number of hydrogen-bond donors (Lipinski definition) is 0. The number of carbonyl (C=O) groups is 2. The Bertz CT molecular complexity index is 1280. The van der Waals surface area contributed by atoms with Gasteiger partial charge in [0.15, 0.2) is 0 Å². The first-order chi connectivity index (χ1) is 16.5. The van der Waals surface area contributed by atoms with Gasteiger partial charge in [0.2, 0.25) is 11.8 Å². The summed E-state index contributed by atoms with van der Waals surface area (Å²) in [5.74, 6) is 0.340. The quantitative estimate of drug-likeness (QED) is 0.565. The fourth-order valence-electron chi connectivity index (χ4n) is 4.55. The summed E-state index contributed by atoms with van der Waals surface area (Å²) in [6.07, 6.45) is 2.85. The van der Waals surface area contributed by atoms with Gasteiger partial charge >= 0.3 is 0 Å². The predicted octanol–water partition coefficient (Wildman–Crippen LogP) is 2.72. The number of nitrogens with zero attached hydrogens (tertiary/aromatic N) is 4. The highest BCUT2D eigenvalue weighted by atomic mass is 19.1. The van der Waals surface area contributed by atoms with Crippen molar-refractivity contribution >= 4 is 22.7 Å². The zero-order chi connectivity index (χ0) is 23.7. The molecule has 1 aliphatic heterocycles. The van der Waals surface area contributed by atoms with Crippen LogP contribution in [0.25, 0.3) is 10.9 Å². The molecule has 2 aliphatic rings. The van der Waals surface area contributed by atoms with Crippen LogP contribution in [0.4, 0.5) is 4.39 Å². The highest BCUT2D eigenvalue weighted by molar-refractivity contribution is 5.80. The summed E-state index contributed by atoms with van der Waals surface area (Å²) in [5.41, 5.74) is 1.42. The fourth-order valence-corrected chi connectivity index (χ4v) is 4.55. The van der Waals surface area contributed by atoms with E-state index < -0.39 is 0 Å². The molecule has 176 valence electrons. The molecule has 1 aliphatic carbocycles. The Morgan fingerprint density at radius 3 is 2.24 bits per heavy atom. The first kappa shape index (κ1) is 22.3. The second kappa shape index (κ2) is 9.37. The molecule has 3 aromatic rings. The molecular formula is C26H27FN4O3. The van der Waals surface area contributed by atoms with E-state index in [1.165, 1.54) is 12.1 Å². The van der Waals surface area contributed by atoms with Crippen molar-refractivity contribution in [1.29, 1.82) is 0 Å². The number of aromatic nitrogens is 2. The van der Waals surface area contributed by atoms with E-state index in [0.717, 1.165) is 18.4 Å². The molecule has 1 aromatic heterocycles. The lowest BCUT2D eigenvalue weighted by atomic mass is 10.1. The molecule has 0 spiro atoms. The van der Waals surface area contributed by atoms with E-state index in [-0.39, 0.29) is 42.1 Å². The molecule has 5 rings (SSSR count). The van der Waals surface area contributed by atoms with Crippen molar-refractivity contribution < 1.29 is 14.0 Å². The number of benzene rings is 2. The van der Waals surface area contributed by atoms with Gasteiger partial charge in [0.05, 0.1) is 17.3 Å². The van der Waals surface area contributed by atoms with E-state index in [9.17, 15) is 18.8 Å². The molecule has 34 heavy (non-hydrogen) atoms. The van der Waals surface area contributed by atoms with Crippen LogP contribution in [0.15, 0.2) is 53.3 Å². The molecule has 0 radical (unpaired) electrons. The van der Waals surface area contributed by atoms with Crippen molar-refractivity contribution in [3.63, 3.8) is 0 Å². The Hall–Kier alpha value is -3.55. The Balaban J connectivity index is 1.18. The molecule has 0 atom stereocenters. The van der Waals surface area contributed by atoms with Gasteiger partial charge < -0.3 is 9.80 Å². The monoisotopic (exact) mass is 462 g/mol. The summed E-state index contributed by atoms with van der Waals surface area (Å²) in [4.78, 5) is 46.7. The number of piperazine rings is 1. The Morgan fingerprint density at radius 1 is 0.912 bits per heavy atom. The second-order valence-electron chi connectivity index (χ2n) is 9.02. The van der Waals surface area contributed by atoms with Crippen molar-refractivity contribution in [2.75, 3.05) is 26.2 Å². The van der Waals surface area contributed by atoms with Crippen LogP contribution in [-0.4, -0.2) is 57.3 Å². The van der Waals surface area contributed by atoms with Gasteiger partial charge in [0.25, 0.3) is 5.56 Å². The highest BCUT2D eigenvalue weighted by Gasteiger charge is 2.29. The molecular weight excluding hydrogens is 435 g/mol. The van der Waals surface area contributed by atoms with E-state index in [0.29, 0.717) is 49.3 Å². The molecule has 2 fully saturated rings. The van der Waals surface area contributed by atoms with Crippen LogP contribution in [-0.2, 0) is 22.4 Å². The average Bonchev–Trinajstić information content (AvgIpc) is 3.69. The largest absolute Gasteiger partial charge is 0.339 e. The molecule has 2 aromatic carbocycles. The molecule has 2 amide bonds. The van der Waals surface area contributed by atoms with Gasteiger partial charge in [0, 0.05) is 45.1 Å². The average molecular weight is 463 g/mol. The Morgan fingerprint density at radius 2 is 1.56 bits per heavy atom. The van der Waals surface area contributed by atoms with Crippen molar-refractivity contribution in [2.45, 2.75) is 38.1 Å². The van der Waals surface area contributed by atoms with Crippen LogP contribution in [0.5, 0.6) is 0 Å². The summed E-state index contributed by atoms with van der Waals surface area (Å²) in [7, 11) is 0. The van der Waals surface area contributed by atoms with E-state index in [4.69, 9.17) is 4.98 Å². The molecule has 0 unspecified atom stereocenters. The zero-order valence-corrected chi connectivity index (χ0v) is 19.0. The zero-order valence-electron chi connectivity index (χ0n) is 19.0. The topological polar surface area (TPSA) is 75.5 Å². The number of hydrogen-bond acceptors (Lipinski definition) is 4. The van der Waals surface area contributed by atoms with E-state index in [2.05, 4.69) is 0 Å². The number of rotatable bonds is 6. The maximum Gasteiger partial charge on any atom is 0.261 e. The summed E-state index contributed by atoms with van der Waals surface area (Å²) in [6.45, 7) is 1.92. The summed E-state index contributed by atoms with van der Waals surface area (Å²) in [6, 6.07) is 13.5. The minimum Gasteiger partial charge on any atom is -0.339 e. The Labute approximate surface area is 196 Å². The number of carbonyl (C=O) groups excluding carboxylic acids is 2. The summed E-state index contributed by atoms with van der Waals surface area (Å²) >= 11 is 0. The summed E-state index contributed by atoms with van der Waals surface area (Å²) < 4.78 is 14.8. The van der Waals surface area contributed by atoms with Gasteiger partial charge in [-0.3, -0.25) is 19.0 Å². The third-order valence-electron chi connectivity index (χ3n) is 6.61. The molecule has 1 saturated carbocycles. The van der Waals surface area contributed by atoms with Gasteiger partial charge in [-0.15, -0.1) is 0 Å². The van der Waals surface area contributed by atoms with Gasteiger partial charge in [-0.05, 0) is 42.7 Å². The lowest BCUT2D eigenvalue weighted by Crippen LogP contribution is -2.51. The first-order valence-electron chi connectivity index (χ1n) is 11.8. The second-order valence-corrected chi connectivity index (χ2v) is 9.02. The number of halogens is 1. The first-order valence-corrected chi connectivity index (χ1v) is 11.8. The van der Waals surface area contributed by atoms with E-state index >= 15 is 0 Å². The van der Waals surface area contributed by atoms with Crippen molar-refractivity contribution in [3.05, 3.63) is 76.1 Å². The fraction of sp³-hybridized carbons (Fsp3) is 0.385. The van der Waals surface area contributed by atoms with Crippen LogP contribution in [0.3, 0.4) is 0 Å². The standard InChI is InChI=1S/C26H27FN4O3/c27-19-7-5-18(6-8-19)17-25(33)30-15-13-29(14-16-30)24(32)12-11-23-28-22-4-2-1-3-21(22)26(34)31(23)20-9-10-20/h1-8,20H,9-17H2. The van der Waals surface area contributed by atoms with Gasteiger partial charge in [-0.2, -0.15) is 0 Å². The molecule has 8 heteroatoms. The molecule has 2 heterocycles. The van der Waals surface area contributed by atoms with Crippen molar-refractivity contribution in [2.24, 2.45) is 0 Å². The van der Waals surface area contributed by atoms with Crippen molar-refractivity contribution in [3.8, 4) is 0 Å².